The number of halogens is 1. The maximum Gasteiger partial charge on any atom is 0.339 e. The van der Waals surface area contributed by atoms with E-state index in [0.29, 0.717) is 27.2 Å². The Labute approximate surface area is 132 Å². The van der Waals surface area contributed by atoms with Crippen LogP contribution in [0.4, 0.5) is 11.5 Å². The van der Waals surface area contributed by atoms with Crippen LogP contribution in [0, 0.1) is 0 Å². The number of thiocarbonyl (C=S) groups is 1. The van der Waals surface area contributed by atoms with E-state index in [9.17, 15) is 4.79 Å². The van der Waals surface area contributed by atoms with Crippen LogP contribution in [-0.2, 0) is 4.74 Å². The van der Waals surface area contributed by atoms with Crippen LogP contribution in [0.15, 0.2) is 42.6 Å². The molecule has 1 aromatic heterocycles. The fraction of sp³-hybridized carbons (Fsp3) is 0.0714. The molecule has 5 nitrogen and oxygen atoms in total. The van der Waals surface area contributed by atoms with Crippen molar-refractivity contribution in [1.29, 1.82) is 0 Å². The van der Waals surface area contributed by atoms with Gasteiger partial charge < -0.3 is 15.4 Å². The quantitative estimate of drug-likeness (QED) is 0.668. The van der Waals surface area contributed by atoms with Gasteiger partial charge in [-0.1, -0.05) is 23.7 Å². The van der Waals surface area contributed by atoms with Crippen molar-refractivity contribution in [3.05, 3.63) is 53.2 Å². The average molecular weight is 322 g/mol. The molecule has 0 saturated heterocycles. The Hall–Kier alpha value is -2.18. The number of pyridine rings is 1. The Morgan fingerprint density at radius 3 is 2.67 bits per heavy atom. The van der Waals surface area contributed by atoms with Crippen molar-refractivity contribution in [2.45, 2.75) is 0 Å². The number of rotatable bonds is 3. The minimum Gasteiger partial charge on any atom is -0.465 e. The monoisotopic (exact) mass is 321 g/mol. The third-order valence-corrected chi connectivity index (χ3v) is 2.98. The summed E-state index contributed by atoms with van der Waals surface area (Å²) < 4.78 is 4.72. The zero-order valence-electron chi connectivity index (χ0n) is 11.1. The first-order valence-corrected chi connectivity index (χ1v) is 6.75. The average Bonchev–Trinajstić information content (AvgIpc) is 2.49. The maximum atomic E-state index is 11.7. The second kappa shape index (κ2) is 7.01. The van der Waals surface area contributed by atoms with Gasteiger partial charge >= 0.3 is 5.97 Å². The van der Waals surface area contributed by atoms with Crippen LogP contribution in [0.3, 0.4) is 0 Å². The molecule has 0 fully saturated rings. The molecule has 2 aromatic rings. The summed E-state index contributed by atoms with van der Waals surface area (Å²) in [5.74, 6) is 0.109. The van der Waals surface area contributed by atoms with Gasteiger partial charge in [-0.25, -0.2) is 9.78 Å². The Morgan fingerprint density at radius 1 is 1.24 bits per heavy atom. The van der Waals surface area contributed by atoms with E-state index < -0.39 is 5.97 Å². The molecular weight excluding hydrogens is 310 g/mol. The highest BCUT2D eigenvalue weighted by Crippen LogP contribution is 2.16. The number of hydrogen-bond acceptors (Lipinski definition) is 4. The molecule has 7 heteroatoms. The number of benzene rings is 1. The van der Waals surface area contributed by atoms with Gasteiger partial charge in [0.25, 0.3) is 0 Å². The van der Waals surface area contributed by atoms with Crippen molar-refractivity contribution < 1.29 is 9.53 Å². The molecular formula is C14H12ClN3O2S. The van der Waals surface area contributed by atoms with Gasteiger partial charge in [-0.2, -0.15) is 0 Å². The van der Waals surface area contributed by atoms with Crippen molar-refractivity contribution in [2.75, 3.05) is 17.7 Å². The number of ether oxygens (including phenoxy) is 1. The molecule has 0 aliphatic heterocycles. The lowest BCUT2D eigenvalue weighted by Gasteiger charge is -2.12. The van der Waals surface area contributed by atoms with E-state index in [0.717, 1.165) is 0 Å². The van der Waals surface area contributed by atoms with Crippen LogP contribution in [0.5, 0.6) is 0 Å². The predicted molar refractivity (Wildman–Crippen MR) is 86.9 cm³/mol. The van der Waals surface area contributed by atoms with Gasteiger partial charge in [0.15, 0.2) is 5.11 Å². The number of methoxy groups -OCH3 is 1. The number of para-hydroxylation sites is 1. The summed E-state index contributed by atoms with van der Waals surface area (Å²) in [6.45, 7) is 0. The smallest absolute Gasteiger partial charge is 0.339 e. The lowest BCUT2D eigenvalue weighted by atomic mass is 10.2. The predicted octanol–water partition coefficient (Wildman–Crippen LogP) is 3.33. The molecule has 0 amide bonds. The minimum absolute atomic E-state index is 0.307. The topological polar surface area (TPSA) is 63.2 Å². The SMILES string of the molecule is COC(=O)c1ccccc1NC(=S)Nc1ccc(Cl)cn1. The van der Waals surface area contributed by atoms with Crippen molar-refractivity contribution in [3.63, 3.8) is 0 Å². The Kier molecular flexibility index (Phi) is 5.08. The first-order chi connectivity index (χ1) is 10.1. The third kappa shape index (κ3) is 4.14. The fourth-order valence-electron chi connectivity index (χ4n) is 1.60. The molecule has 0 bridgehead atoms. The summed E-state index contributed by atoms with van der Waals surface area (Å²) in [5.41, 5.74) is 0.948. The number of aromatic nitrogens is 1. The number of anilines is 2. The molecule has 0 aliphatic rings. The molecule has 2 N–H and O–H groups in total. The number of carbonyl (C=O) groups is 1. The van der Waals surface area contributed by atoms with Gasteiger partial charge in [-0.15, -0.1) is 0 Å². The summed E-state index contributed by atoms with van der Waals surface area (Å²) in [7, 11) is 1.33. The standard InChI is InChI=1S/C14H12ClN3O2S/c1-20-13(19)10-4-2-3-5-11(10)17-14(21)18-12-7-6-9(15)8-16-12/h2-8H,1H3,(H2,16,17,18,21). The number of nitrogens with zero attached hydrogens (tertiary/aromatic N) is 1. The van der Waals surface area contributed by atoms with Crippen LogP contribution in [0.2, 0.25) is 5.02 Å². The fourth-order valence-corrected chi connectivity index (χ4v) is 1.93. The highest BCUT2D eigenvalue weighted by atomic mass is 35.5. The first-order valence-electron chi connectivity index (χ1n) is 5.97. The molecule has 2 rings (SSSR count). The van der Waals surface area contributed by atoms with E-state index in [1.54, 1.807) is 36.4 Å². The van der Waals surface area contributed by atoms with Crippen molar-refractivity contribution in [1.82, 2.24) is 4.98 Å². The molecule has 21 heavy (non-hydrogen) atoms. The molecule has 0 radical (unpaired) electrons. The highest BCUT2D eigenvalue weighted by molar-refractivity contribution is 7.80. The van der Waals surface area contributed by atoms with Gasteiger partial charge in [-0.05, 0) is 36.5 Å². The minimum atomic E-state index is -0.439. The summed E-state index contributed by atoms with van der Waals surface area (Å²) in [4.78, 5) is 15.7. The molecule has 1 aromatic carbocycles. The van der Waals surface area contributed by atoms with Crippen molar-refractivity contribution >= 4 is 46.4 Å². The first kappa shape index (κ1) is 15.2. The van der Waals surface area contributed by atoms with E-state index in [1.165, 1.54) is 13.3 Å². The van der Waals surface area contributed by atoms with Gasteiger partial charge in [0.1, 0.15) is 5.82 Å². The Bertz CT molecular complexity index is 662. The number of hydrogen-bond donors (Lipinski definition) is 2. The van der Waals surface area contributed by atoms with Crippen molar-refractivity contribution in [2.24, 2.45) is 0 Å². The summed E-state index contributed by atoms with van der Waals surface area (Å²) >= 11 is 10.9. The molecule has 0 aliphatic carbocycles. The number of carbonyl (C=O) groups excluding carboxylic acids is 1. The maximum absolute atomic E-state index is 11.7. The summed E-state index contributed by atoms with van der Waals surface area (Å²) in [5, 5.41) is 6.68. The van der Waals surface area contributed by atoms with Crippen LogP contribution in [0.25, 0.3) is 0 Å². The van der Waals surface area contributed by atoms with Gasteiger partial charge in [0, 0.05) is 6.20 Å². The van der Waals surface area contributed by atoms with Crippen LogP contribution < -0.4 is 10.6 Å². The number of nitrogens with one attached hydrogen (secondary N) is 2. The van der Waals surface area contributed by atoms with Crippen molar-refractivity contribution in [3.8, 4) is 0 Å². The Balaban J connectivity index is 2.09. The summed E-state index contributed by atoms with van der Waals surface area (Å²) in [6.07, 6.45) is 1.51. The van der Waals surface area contributed by atoms with Gasteiger partial charge in [0.05, 0.1) is 23.4 Å². The summed E-state index contributed by atoms with van der Waals surface area (Å²) in [6, 6.07) is 10.3. The van der Waals surface area contributed by atoms with Crippen LogP contribution in [0.1, 0.15) is 10.4 Å². The largest absolute Gasteiger partial charge is 0.465 e. The Morgan fingerprint density at radius 2 is 2.00 bits per heavy atom. The van der Waals surface area contributed by atoms with Gasteiger partial charge in [-0.3, -0.25) is 0 Å². The molecule has 0 spiro atoms. The third-order valence-electron chi connectivity index (χ3n) is 2.55. The van der Waals surface area contributed by atoms with E-state index in [1.807, 2.05) is 0 Å². The second-order valence-corrected chi connectivity index (χ2v) is 4.82. The van der Waals surface area contributed by atoms with Crippen LogP contribution in [-0.4, -0.2) is 23.2 Å². The van der Waals surface area contributed by atoms with E-state index >= 15 is 0 Å². The molecule has 108 valence electrons. The van der Waals surface area contributed by atoms with Gasteiger partial charge in [0.2, 0.25) is 0 Å². The molecule has 0 atom stereocenters. The number of esters is 1. The molecule has 0 unspecified atom stereocenters. The van der Waals surface area contributed by atoms with E-state index in [4.69, 9.17) is 28.6 Å². The lowest BCUT2D eigenvalue weighted by molar-refractivity contribution is 0.0602. The van der Waals surface area contributed by atoms with E-state index in [2.05, 4.69) is 15.6 Å². The highest BCUT2D eigenvalue weighted by Gasteiger charge is 2.11. The normalized spacial score (nSPS) is 9.81. The van der Waals surface area contributed by atoms with E-state index in [-0.39, 0.29) is 0 Å². The van der Waals surface area contributed by atoms with Crippen LogP contribution >= 0.6 is 23.8 Å². The zero-order chi connectivity index (χ0) is 15.2. The molecule has 0 saturated carbocycles. The lowest BCUT2D eigenvalue weighted by Crippen LogP contribution is -2.21. The second-order valence-electron chi connectivity index (χ2n) is 3.98. The molecule has 1 heterocycles. The zero-order valence-corrected chi connectivity index (χ0v) is 12.7.